The highest BCUT2D eigenvalue weighted by atomic mass is 32.2. The van der Waals surface area contributed by atoms with Crippen LogP contribution in [0.5, 0.6) is 0 Å². The zero-order valence-electron chi connectivity index (χ0n) is 12.6. The van der Waals surface area contributed by atoms with E-state index in [1.807, 2.05) is 19.2 Å². The van der Waals surface area contributed by atoms with Crippen molar-refractivity contribution in [2.75, 3.05) is 18.6 Å². The summed E-state index contributed by atoms with van der Waals surface area (Å²) in [5, 5.41) is 3.32. The van der Waals surface area contributed by atoms with E-state index in [0.29, 0.717) is 24.0 Å². The van der Waals surface area contributed by atoms with Crippen molar-refractivity contribution in [3.05, 3.63) is 29.3 Å². The molecule has 20 heavy (non-hydrogen) atoms. The van der Waals surface area contributed by atoms with Crippen molar-refractivity contribution in [1.29, 1.82) is 0 Å². The van der Waals surface area contributed by atoms with Crippen LogP contribution in [0.3, 0.4) is 0 Å². The molecule has 0 saturated carbocycles. The molecule has 0 heterocycles. The molecule has 0 aliphatic heterocycles. The van der Waals surface area contributed by atoms with Gasteiger partial charge in [0.25, 0.3) is 0 Å². The molecule has 114 valence electrons. The molecule has 0 bridgehead atoms. The van der Waals surface area contributed by atoms with Crippen LogP contribution in [0.15, 0.2) is 23.1 Å². The van der Waals surface area contributed by atoms with Gasteiger partial charge in [-0.15, -0.1) is 0 Å². The molecule has 6 heteroatoms. The summed E-state index contributed by atoms with van der Waals surface area (Å²) in [4.78, 5) is 0.338. The van der Waals surface area contributed by atoms with Gasteiger partial charge in [0.05, 0.1) is 4.90 Å². The van der Waals surface area contributed by atoms with E-state index in [9.17, 15) is 8.42 Å². The van der Waals surface area contributed by atoms with Gasteiger partial charge in [0.1, 0.15) is 0 Å². The van der Waals surface area contributed by atoms with Crippen LogP contribution in [-0.4, -0.2) is 33.0 Å². The second-order valence-corrected chi connectivity index (χ2v) is 7.77. The van der Waals surface area contributed by atoms with Gasteiger partial charge in [-0.1, -0.05) is 19.9 Å². The molecule has 4 nitrogen and oxygen atoms in total. The maximum absolute atomic E-state index is 12.2. The Balaban J connectivity index is 2.87. The van der Waals surface area contributed by atoms with Gasteiger partial charge in [0.2, 0.25) is 10.0 Å². The molecule has 0 saturated heterocycles. The molecule has 0 unspecified atom stereocenters. The summed E-state index contributed by atoms with van der Waals surface area (Å²) in [5.41, 5.74) is 2.12. The number of nitrogens with one attached hydrogen (secondary N) is 2. The summed E-state index contributed by atoms with van der Waals surface area (Å²) >= 11 is 1.62. The van der Waals surface area contributed by atoms with Gasteiger partial charge in [-0.2, -0.15) is 11.8 Å². The molecule has 0 atom stereocenters. The predicted molar refractivity (Wildman–Crippen MR) is 86.7 cm³/mol. The van der Waals surface area contributed by atoms with Gasteiger partial charge in [-0.05, 0) is 36.4 Å². The second kappa shape index (κ2) is 8.02. The zero-order valence-corrected chi connectivity index (χ0v) is 14.2. The molecule has 0 aliphatic carbocycles. The Labute approximate surface area is 126 Å². The van der Waals surface area contributed by atoms with Crippen molar-refractivity contribution in [2.24, 2.45) is 0 Å². The van der Waals surface area contributed by atoms with E-state index in [4.69, 9.17) is 0 Å². The molecule has 0 amide bonds. The topological polar surface area (TPSA) is 58.2 Å². The molecule has 1 rings (SSSR count). The van der Waals surface area contributed by atoms with E-state index in [-0.39, 0.29) is 0 Å². The van der Waals surface area contributed by atoms with Crippen LogP contribution in [0.2, 0.25) is 0 Å². The molecular weight excluding hydrogens is 292 g/mol. The first kappa shape index (κ1) is 17.5. The van der Waals surface area contributed by atoms with Crippen molar-refractivity contribution >= 4 is 21.8 Å². The van der Waals surface area contributed by atoms with Crippen LogP contribution < -0.4 is 10.0 Å². The number of thioether (sulfide) groups is 1. The van der Waals surface area contributed by atoms with Crippen molar-refractivity contribution in [2.45, 2.75) is 38.3 Å². The summed E-state index contributed by atoms with van der Waals surface area (Å²) in [6, 6.07) is 5.65. The number of sulfonamides is 1. The first-order valence-electron chi connectivity index (χ1n) is 6.68. The van der Waals surface area contributed by atoms with Crippen LogP contribution >= 0.6 is 11.8 Å². The monoisotopic (exact) mass is 316 g/mol. The number of aryl methyl sites for hydroxylation is 1. The van der Waals surface area contributed by atoms with Crippen LogP contribution in [0.1, 0.15) is 25.0 Å². The molecule has 0 aromatic heterocycles. The van der Waals surface area contributed by atoms with Gasteiger partial charge < -0.3 is 5.32 Å². The molecule has 0 fully saturated rings. The van der Waals surface area contributed by atoms with Gasteiger partial charge in [-0.25, -0.2) is 13.1 Å². The second-order valence-electron chi connectivity index (χ2n) is 5.01. The van der Waals surface area contributed by atoms with Gasteiger partial charge >= 0.3 is 0 Å². The minimum atomic E-state index is -3.40. The lowest BCUT2D eigenvalue weighted by atomic mass is 10.1. The van der Waals surface area contributed by atoms with Crippen molar-refractivity contribution < 1.29 is 8.42 Å². The summed E-state index contributed by atoms with van der Waals surface area (Å²) < 4.78 is 27.0. The Kier molecular flexibility index (Phi) is 7.02. The van der Waals surface area contributed by atoms with Crippen LogP contribution in [0.4, 0.5) is 0 Å². The summed E-state index contributed by atoms with van der Waals surface area (Å²) in [7, 11) is -3.40. The quantitative estimate of drug-likeness (QED) is 0.722. The first-order valence-corrected chi connectivity index (χ1v) is 9.56. The SMILES string of the molecule is CSCCNS(=O)(=O)c1ccc(C)c(CNC(C)C)c1. The van der Waals surface area contributed by atoms with Crippen molar-refractivity contribution in [3.8, 4) is 0 Å². The molecule has 0 aliphatic rings. The molecule has 1 aromatic carbocycles. The maximum Gasteiger partial charge on any atom is 0.240 e. The van der Waals surface area contributed by atoms with Crippen molar-refractivity contribution in [1.82, 2.24) is 10.0 Å². The fourth-order valence-corrected chi connectivity index (χ4v) is 3.20. The normalized spacial score (nSPS) is 12.1. The van der Waals surface area contributed by atoms with E-state index < -0.39 is 10.0 Å². The average Bonchev–Trinajstić information content (AvgIpc) is 2.37. The number of hydrogen-bond donors (Lipinski definition) is 2. The standard InChI is InChI=1S/C14H24N2O2S2/c1-11(2)15-10-13-9-14(6-5-12(13)3)20(17,18)16-7-8-19-4/h5-6,9,11,15-16H,7-8,10H2,1-4H3. The zero-order chi connectivity index (χ0) is 15.2. The Bertz CT molecular complexity index is 528. The predicted octanol–water partition coefficient (Wildman–Crippen LogP) is 2.13. The summed E-state index contributed by atoms with van der Waals surface area (Å²) in [6.07, 6.45) is 1.95. The highest BCUT2D eigenvalue weighted by molar-refractivity contribution is 7.98. The fourth-order valence-electron chi connectivity index (χ4n) is 1.68. The molecule has 1 aromatic rings. The van der Waals surface area contributed by atoms with Gasteiger partial charge in [-0.3, -0.25) is 0 Å². The summed E-state index contributed by atoms with van der Waals surface area (Å²) in [6.45, 7) is 7.27. The van der Waals surface area contributed by atoms with Gasteiger partial charge in [0.15, 0.2) is 0 Å². The Morgan fingerprint density at radius 1 is 1.30 bits per heavy atom. The lowest BCUT2D eigenvalue weighted by Crippen LogP contribution is -2.26. The van der Waals surface area contributed by atoms with Crippen molar-refractivity contribution in [3.63, 3.8) is 0 Å². The lowest BCUT2D eigenvalue weighted by molar-refractivity contribution is 0.580. The third kappa shape index (κ3) is 5.44. The Morgan fingerprint density at radius 3 is 2.60 bits per heavy atom. The van der Waals surface area contributed by atoms with Crippen LogP contribution in [-0.2, 0) is 16.6 Å². The molecule has 0 spiro atoms. The minimum absolute atomic E-state index is 0.338. The Hall–Kier alpha value is -0.560. The molecule has 0 radical (unpaired) electrons. The Morgan fingerprint density at radius 2 is 2.00 bits per heavy atom. The number of benzene rings is 1. The minimum Gasteiger partial charge on any atom is -0.310 e. The highest BCUT2D eigenvalue weighted by Crippen LogP contribution is 2.15. The third-order valence-corrected chi connectivity index (χ3v) is 5.00. The first-order chi connectivity index (χ1) is 9.36. The fraction of sp³-hybridized carbons (Fsp3) is 0.571. The van der Waals surface area contributed by atoms with E-state index in [2.05, 4.69) is 23.9 Å². The third-order valence-electron chi connectivity index (χ3n) is 2.93. The van der Waals surface area contributed by atoms with E-state index in [1.54, 1.807) is 23.9 Å². The summed E-state index contributed by atoms with van der Waals surface area (Å²) in [5.74, 6) is 0.771. The maximum atomic E-state index is 12.2. The smallest absolute Gasteiger partial charge is 0.240 e. The van der Waals surface area contributed by atoms with Crippen LogP contribution in [0, 0.1) is 6.92 Å². The van der Waals surface area contributed by atoms with Gasteiger partial charge in [0, 0.05) is 24.9 Å². The molecule has 2 N–H and O–H groups in total. The highest BCUT2D eigenvalue weighted by Gasteiger charge is 2.14. The van der Waals surface area contributed by atoms with E-state index >= 15 is 0 Å². The largest absolute Gasteiger partial charge is 0.310 e. The number of hydrogen-bond acceptors (Lipinski definition) is 4. The van der Waals surface area contributed by atoms with Crippen LogP contribution in [0.25, 0.3) is 0 Å². The molecular formula is C14H24N2O2S2. The average molecular weight is 316 g/mol. The van der Waals surface area contributed by atoms with E-state index in [1.165, 1.54) is 0 Å². The number of rotatable bonds is 8. The van der Waals surface area contributed by atoms with E-state index in [0.717, 1.165) is 16.9 Å². The lowest BCUT2D eigenvalue weighted by Gasteiger charge is -2.13.